The highest BCUT2D eigenvalue weighted by atomic mass is 32.2. The van der Waals surface area contributed by atoms with E-state index >= 15 is 0 Å². The fourth-order valence-electron chi connectivity index (χ4n) is 2.28. The third-order valence-corrected chi connectivity index (χ3v) is 4.63. The van der Waals surface area contributed by atoms with E-state index in [1.54, 1.807) is 0 Å². The van der Waals surface area contributed by atoms with E-state index in [2.05, 4.69) is 10.1 Å². The number of hydrogen-bond donors (Lipinski definition) is 2. The lowest BCUT2D eigenvalue weighted by Gasteiger charge is -2.15. The topological polar surface area (TPSA) is 113 Å². The Hall–Kier alpha value is -2.39. The van der Waals surface area contributed by atoms with Gasteiger partial charge in [-0.1, -0.05) is 0 Å². The minimum Gasteiger partial charge on any atom is -0.466 e. The summed E-state index contributed by atoms with van der Waals surface area (Å²) >= 11 is 0. The number of methoxy groups -OCH3 is 1. The summed E-state index contributed by atoms with van der Waals surface area (Å²) in [5.74, 6) is -1.07. The normalized spacial score (nSPS) is 15.0. The second-order valence-electron chi connectivity index (χ2n) is 5.22. The molecule has 1 aromatic rings. The summed E-state index contributed by atoms with van der Waals surface area (Å²) in [6, 6.07) is 5.81. The summed E-state index contributed by atoms with van der Waals surface area (Å²) in [6.45, 7) is -0.0934. The number of aliphatic hydroxyl groups excluding tert-OH is 1. The van der Waals surface area contributed by atoms with Crippen molar-refractivity contribution in [2.45, 2.75) is 4.90 Å². The fraction of sp³-hybridized carbons (Fsp3) is 0.333. The van der Waals surface area contributed by atoms with Gasteiger partial charge in [-0.25, -0.2) is 13.2 Å². The molecule has 1 heterocycles. The number of β-amino-alcohol motifs (C(OH)–C–C–N with tert-alkyl or cyclic N) is 1. The molecule has 0 bridgehead atoms. The van der Waals surface area contributed by atoms with E-state index in [0.717, 1.165) is 6.26 Å². The maximum atomic E-state index is 12.3. The predicted molar refractivity (Wildman–Crippen MR) is 85.9 cm³/mol. The number of carbonyl (C=O) groups excluding carboxylic acids is 2. The predicted octanol–water partition coefficient (Wildman–Crippen LogP) is -0.236. The minimum atomic E-state index is -3.32. The molecule has 1 aromatic carbocycles. The number of rotatable bonds is 6. The van der Waals surface area contributed by atoms with Crippen LogP contribution in [0.4, 0.5) is 5.69 Å². The first-order chi connectivity index (χ1) is 11.3. The summed E-state index contributed by atoms with van der Waals surface area (Å²) in [6.07, 6.45) is 1.10. The lowest BCUT2D eigenvalue weighted by molar-refractivity contribution is -0.136. The largest absolute Gasteiger partial charge is 0.466 e. The number of anilines is 1. The quantitative estimate of drug-likeness (QED) is 0.678. The van der Waals surface area contributed by atoms with Crippen LogP contribution in [0.2, 0.25) is 0 Å². The Kier molecular flexibility index (Phi) is 5.25. The number of nitrogens with zero attached hydrogens (tertiary/aromatic N) is 1. The zero-order valence-electron chi connectivity index (χ0n) is 13.3. The lowest BCUT2D eigenvalue weighted by Crippen LogP contribution is -2.31. The lowest BCUT2D eigenvalue weighted by atomic mass is 10.2. The maximum absolute atomic E-state index is 12.3. The van der Waals surface area contributed by atoms with Gasteiger partial charge in [0.1, 0.15) is 5.70 Å². The smallest absolute Gasteiger partial charge is 0.337 e. The Morgan fingerprint density at radius 3 is 2.46 bits per heavy atom. The van der Waals surface area contributed by atoms with Crippen molar-refractivity contribution in [3.05, 3.63) is 35.5 Å². The van der Waals surface area contributed by atoms with Gasteiger partial charge in [-0.05, 0) is 24.3 Å². The number of amides is 1. The highest BCUT2D eigenvalue weighted by Crippen LogP contribution is 2.23. The third-order valence-electron chi connectivity index (χ3n) is 3.51. The van der Waals surface area contributed by atoms with Crippen molar-refractivity contribution in [3.8, 4) is 0 Å². The molecule has 130 valence electrons. The molecule has 1 amide bonds. The zero-order chi connectivity index (χ0) is 17.9. The van der Waals surface area contributed by atoms with E-state index in [1.165, 1.54) is 36.3 Å². The maximum Gasteiger partial charge on any atom is 0.337 e. The molecule has 0 unspecified atom stereocenters. The van der Waals surface area contributed by atoms with Gasteiger partial charge in [-0.2, -0.15) is 0 Å². The summed E-state index contributed by atoms with van der Waals surface area (Å²) in [5.41, 5.74) is 0.670. The Morgan fingerprint density at radius 1 is 1.33 bits per heavy atom. The molecule has 0 radical (unpaired) electrons. The van der Waals surface area contributed by atoms with Gasteiger partial charge < -0.3 is 20.1 Å². The fourth-order valence-corrected chi connectivity index (χ4v) is 2.91. The molecule has 0 atom stereocenters. The number of esters is 1. The number of benzene rings is 1. The molecule has 24 heavy (non-hydrogen) atoms. The first-order valence-electron chi connectivity index (χ1n) is 7.06. The van der Waals surface area contributed by atoms with Gasteiger partial charge in [0.15, 0.2) is 9.84 Å². The Bertz CT molecular complexity index is 783. The Morgan fingerprint density at radius 2 is 1.96 bits per heavy atom. The van der Waals surface area contributed by atoms with E-state index in [-0.39, 0.29) is 35.9 Å². The Labute approximate surface area is 139 Å². The summed E-state index contributed by atoms with van der Waals surface area (Å²) in [4.78, 5) is 25.7. The van der Waals surface area contributed by atoms with Crippen LogP contribution in [0.3, 0.4) is 0 Å². The van der Waals surface area contributed by atoms with Crippen molar-refractivity contribution in [1.29, 1.82) is 0 Å². The van der Waals surface area contributed by atoms with E-state index in [1.807, 2.05) is 0 Å². The van der Waals surface area contributed by atoms with Crippen molar-refractivity contribution in [2.75, 3.05) is 38.4 Å². The van der Waals surface area contributed by atoms with Crippen LogP contribution >= 0.6 is 0 Å². The van der Waals surface area contributed by atoms with E-state index < -0.39 is 21.7 Å². The molecule has 0 saturated heterocycles. The van der Waals surface area contributed by atoms with Gasteiger partial charge in [0.2, 0.25) is 0 Å². The highest BCUT2D eigenvalue weighted by molar-refractivity contribution is 7.90. The van der Waals surface area contributed by atoms with Crippen LogP contribution in [-0.4, -0.2) is 63.4 Å². The van der Waals surface area contributed by atoms with Crippen molar-refractivity contribution < 1.29 is 27.9 Å². The van der Waals surface area contributed by atoms with Gasteiger partial charge in [0, 0.05) is 18.5 Å². The van der Waals surface area contributed by atoms with Gasteiger partial charge in [0.25, 0.3) is 5.91 Å². The van der Waals surface area contributed by atoms with Crippen molar-refractivity contribution in [1.82, 2.24) is 4.90 Å². The van der Waals surface area contributed by atoms with Crippen LogP contribution in [0.5, 0.6) is 0 Å². The van der Waals surface area contributed by atoms with Crippen molar-refractivity contribution >= 4 is 27.4 Å². The second kappa shape index (κ2) is 7.02. The van der Waals surface area contributed by atoms with Crippen LogP contribution in [-0.2, 0) is 24.2 Å². The van der Waals surface area contributed by atoms with E-state index in [0.29, 0.717) is 5.69 Å². The second-order valence-corrected chi connectivity index (χ2v) is 7.23. The monoisotopic (exact) mass is 354 g/mol. The van der Waals surface area contributed by atoms with E-state index in [9.17, 15) is 18.0 Å². The Balaban J connectivity index is 2.30. The van der Waals surface area contributed by atoms with Gasteiger partial charge in [0.05, 0.1) is 30.7 Å². The first kappa shape index (κ1) is 18.0. The van der Waals surface area contributed by atoms with Crippen LogP contribution in [0, 0.1) is 0 Å². The van der Waals surface area contributed by atoms with E-state index in [4.69, 9.17) is 5.11 Å². The number of ether oxygens (including phenoxy) is 1. The summed E-state index contributed by atoms with van der Waals surface area (Å²) in [7, 11) is -2.10. The molecular formula is C15H18N2O6S. The average molecular weight is 354 g/mol. The molecule has 9 heteroatoms. The minimum absolute atomic E-state index is 0.0375. The van der Waals surface area contributed by atoms with Crippen molar-refractivity contribution in [2.24, 2.45) is 0 Å². The molecule has 1 aliphatic heterocycles. The first-order valence-corrected chi connectivity index (χ1v) is 8.95. The third kappa shape index (κ3) is 3.74. The number of sulfone groups is 1. The summed E-state index contributed by atoms with van der Waals surface area (Å²) < 4.78 is 27.6. The molecule has 8 nitrogen and oxygen atoms in total. The van der Waals surface area contributed by atoms with Crippen LogP contribution in [0.1, 0.15) is 0 Å². The molecule has 0 saturated carbocycles. The molecular weight excluding hydrogens is 336 g/mol. The molecule has 2 rings (SSSR count). The number of nitrogens with one attached hydrogen (secondary N) is 1. The standard InChI is InChI=1S/C15H18N2O6S/c1-23-15(20)12-9-17(7-8-18)14(19)13(12)16-10-3-5-11(6-4-10)24(2,21)22/h3-6,16,18H,7-9H2,1-2H3. The highest BCUT2D eigenvalue weighted by Gasteiger charge is 2.34. The molecule has 0 spiro atoms. The number of carbonyl (C=O) groups is 2. The molecule has 0 aliphatic carbocycles. The van der Waals surface area contributed by atoms with Gasteiger partial charge >= 0.3 is 5.97 Å². The van der Waals surface area contributed by atoms with Crippen molar-refractivity contribution in [3.63, 3.8) is 0 Å². The number of aliphatic hydroxyl groups is 1. The number of hydrogen-bond acceptors (Lipinski definition) is 7. The zero-order valence-corrected chi connectivity index (χ0v) is 14.1. The van der Waals surface area contributed by atoms with Gasteiger partial charge in [-0.15, -0.1) is 0 Å². The molecule has 0 aromatic heterocycles. The SMILES string of the molecule is COC(=O)C1=C(Nc2ccc(S(C)(=O)=O)cc2)C(=O)N(CCO)C1. The van der Waals surface area contributed by atoms with Gasteiger partial charge in [-0.3, -0.25) is 4.79 Å². The van der Waals surface area contributed by atoms with Crippen LogP contribution in [0.25, 0.3) is 0 Å². The average Bonchev–Trinajstić information content (AvgIpc) is 2.84. The molecule has 2 N–H and O–H groups in total. The molecule has 1 aliphatic rings. The summed E-state index contributed by atoms with van der Waals surface area (Å²) in [5, 5.41) is 11.8. The van der Waals surface area contributed by atoms with Crippen LogP contribution in [0.15, 0.2) is 40.4 Å². The molecule has 0 fully saturated rings. The van der Waals surface area contributed by atoms with Crippen LogP contribution < -0.4 is 5.32 Å².